The maximum absolute atomic E-state index is 13.5. The van der Waals surface area contributed by atoms with Crippen LogP contribution in [-0.4, -0.2) is 52.1 Å². The Kier molecular flexibility index (Phi) is 4.94. The van der Waals surface area contributed by atoms with E-state index in [2.05, 4.69) is 26.1 Å². The van der Waals surface area contributed by atoms with Crippen LogP contribution >= 0.6 is 15.9 Å². The highest BCUT2D eigenvalue weighted by Gasteiger charge is 2.48. The molecule has 7 nitrogen and oxygen atoms in total. The van der Waals surface area contributed by atoms with Crippen molar-refractivity contribution in [2.45, 2.75) is 32.4 Å². The minimum Gasteiger partial charge on any atom is -0.507 e. The third-order valence-corrected chi connectivity index (χ3v) is 8.51. The van der Waals surface area contributed by atoms with E-state index in [-0.39, 0.29) is 23.2 Å². The predicted octanol–water partition coefficient (Wildman–Crippen LogP) is 3.89. The van der Waals surface area contributed by atoms with Gasteiger partial charge in [-0.05, 0) is 55.2 Å². The van der Waals surface area contributed by atoms with Gasteiger partial charge < -0.3 is 10.0 Å². The molecule has 0 bridgehead atoms. The van der Waals surface area contributed by atoms with Crippen LogP contribution in [0.15, 0.2) is 40.9 Å². The zero-order valence-corrected chi connectivity index (χ0v) is 20.0. The summed E-state index contributed by atoms with van der Waals surface area (Å²) >= 11 is 3.51. The number of sulfone groups is 1. The smallest absolute Gasteiger partial charge is 0.273 e. The van der Waals surface area contributed by atoms with Gasteiger partial charge in [-0.3, -0.25) is 9.89 Å². The average Bonchev–Trinajstić information content (AvgIpc) is 3.38. The van der Waals surface area contributed by atoms with Crippen LogP contribution in [0.1, 0.15) is 45.2 Å². The number of carbonyl (C=O) groups is 1. The fraction of sp³-hybridized carbons (Fsp3) is 0.304. The molecule has 2 aliphatic heterocycles. The molecule has 9 heteroatoms. The molecular weight excluding hydrogens is 494 g/mol. The van der Waals surface area contributed by atoms with Gasteiger partial charge in [-0.1, -0.05) is 34.1 Å². The molecule has 1 saturated heterocycles. The molecule has 3 aromatic rings. The van der Waals surface area contributed by atoms with Gasteiger partial charge in [0.1, 0.15) is 17.1 Å². The van der Waals surface area contributed by atoms with E-state index < -0.39 is 21.9 Å². The Bertz CT molecular complexity index is 1370. The number of aryl methyl sites for hydroxylation is 2. The number of benzene rings is 2. The van der Waals surface area contributed by atoms with Crippen LogP contribution in [0.2, 0.25) is 0 Å². The Hall–Kier alpha value is -2.65. The highest BCUT2D eigenvalue weighted by Crippen LogP contribution is 2.47. The average molecular weight is 516 g/mol. The number of phenols is 1. The molecular formula is C23H22BrN3O4S. The van der Waals surface area contributed by atoms with Crippen LogP contribution in [-0.2, 0) is 9.84 Å². The third-order valence-electron chi connectivity index (χ3n) is 6.27. The standard InChI is InChI=1S/C23H22BrN3O4S/c1-12-8-13(2)22(28)17(9-12)19-18-20(26-25-19)23(29)27(16-6-7-32(30,31)11-16)21(18)14-4-3-5-15(24)10-14/h3-5,8-10,16,21,28H,6-7,11H2,1-2H3,(H,25,26). The minimum atomic E-state index is -3.19. The van der Waals surface area contributed by atoms with E-state index in [1.165, 1.54) is 0 Å². The monoisotopic (exact) mass is 515 g/mol. The Morgan fingerprint density at radius 3 is 2.69 bits per heavy atom. The van der Waals surface area contributed by atoms with Crippen molar-refractivity contribution in [3.05, 3.63) is 68.8 Å². The molecule has 0 radical (unpaired) electrons. The van der Waals surface area contributed by atoms with E-state index in [0.29, 0.717) is 28.9 Å². The quantitative estimate of drug-likeness (QED) is 0.550. The van der Waals surface area contributed by atoms with Crippen molar-refractivity contribution in [3.63, 3.8) is 0 Å². The summed E-state index contributed by atoms with van der Waals surface area (Å²) in [4.78, 5) is 15.2. The molecule has 3 heterocycles. The minimum absolute atomic E-state index is 0.0505. The number of aromatic hydroxyl groups is 1. The third kappa shape index (κ3) is 3.34. The molecule has 2 N–H and O–H groups in total. The summed E-state index contributed by atoms with van der Waals surface area (Å²) in [5.41, 5.74) is 4.60. The molecule has 0 saturated carbocycles. The van der Waals surface area contributed by atoms with Gasteiger partial charge in [0.2, 0.25) is 0 Å². The lowest BCUT2D eigenvalue weighted by Crippen LogP contribution is -2.40. The Morgan fingerprint density at radius 1 is 1.22 bits per heavy atom. The lowest BCUT2D eigenvalue weighted by atomic mass is 9.93. The molecule has 166 valence electrons. The zero-order chi connectivity index (χ0) is 22.8. The fourth-order valence-electron chi connectivity index (χ4n) is 4.89. The number of nitrogens with zero attached hydrogens (tertiary/aromatic N) is 2. The summed E-state index contributed by atoms with van der Waals surface area (Å²) < 4.78 is 25.3. The lowest BCUT2D eigenvalue weighted by Gasteiger charge is -2.31. The predicted molar refractivity (Wildman–Crippen MR) is 124 cm³/mol. The number of amides is 1. The number of aromatic amines is 1. The Labute approximate surface area is 194 Å². The number of nitrogens with one attached hydrogen (secondary N) is 1. The van der Waals surface area contributed by atoms with E-state index in [1.807, 2.05) is 50.2 Å². The lowest BCUT2D eigenvalue weighted by molar-refractivity contribution is 0.0677. The zero-order valence-electron chi connectivity index (χ0n) is 17.6. The van der Waals surface area contributed by atoms with Gasteiger partial charge in [0.25, 0.3) is 5.91 Å². The summed E-state index contributed by atoms with van der Waals surface area (Å²) in [5.74, 6) is -0.129. The van der Waals surface area contributed by atoms with Gasteiger partial charge in [0, 0.05) is 21.6 Å². The first-order valence-electron chi connectivity index (χ1n) is 10.3. The van der Waals surface area contributed by atoms with Crippen LogP contribution < -0.4 is 0 Å². The van der Waals surface area contributed by atoms with Crippen LogP contribution in [0, 0.1) is 13.8 Å². The summed E-state index contributed by atoms with van der Waals surface area (Å²) in [5, 5.41) is 18.1. The number of H-pyrrole nitrogens is 1. The van der Waals surface area contributed by atoms with Crippen molar-refractivity contribution in [2.24, 2.45) is 0 Å². The van der Waals surface area contributed by atoms with Crippen molar-refractivity contribution in [2.75, 3.05) is 11.5 Å². The van der Waals surface area contributed by atoms with Gasteiger partial charge in [0.05, 0.1) is 17.5 Å². The van der Waals surface area contributed by atoms with Gasteiger partial charge in [-0.2, -0.15) is 5.10 Å². The number of rotatable bonds is 3. The van der Waals surface area contributed by atoms with E-state index in [0.717, 1.165) is 21.2 Å². The van der Waals surface area contributed by atoms with Gasteiger partial charge in [-0.15, -0.1) is 0 Å². The first-order valence-corrected chi connectivity index (χ1v) is 12.9. The topological polar surface area (TPSA) is 103 Å². The molecule has 2 unspecified atom stereocenters. The number of hydrogen-bond acceptors (Lipinski definition) is 5. The van der Waals surface area contributed by atoms with Crippen LogP contribution in [0.5, 0.6) is 5.75 Å². The second kappa shape index (κ2) is 7.45. The second-order valence-corrected chi connectivity index (χ2v) is 11.7. The summed E-state index contributed by atoms with van der Waals surface area (Å²) in [6.45, 7) is 3.76. The van der Waals surface area contributed by atoms with Crippen molar-refractivity contribution in [1.29, 1.82) is 0 Å². The molecule has 2 aliphatic rings. The van der Waals surface area contributed by atoms with Crippen molar-refractivity contribution in [3.8, 4) is 17.0 Å². The van der Waals surface area contributed by atoms with Gasteiger partial charge in [-0.25, -0.2) is 8.42 Å². The highest BCUT2D eigenvalue weighted by molar-refractivity contribution is 9.10. The number of hydrogen-bond donors (Lipinski definition) is 2. The van der Waals surface area contributed by atoms with Crippen LogP contribution in [0.25, 0.3) is 11.3 Å². The summed E-state index contributed by atoms with van der Waals surface area (Å²) in [6.07, 6.45) is 0.403. The molecule has 1 aromatic heterocycles. The summed E-state index contributed by atoms with van der Waals surface area (Å²) in [6, 6.07) is 10.5. The van der Waals surface area contributed by atoms with E-state index in [9.17, 15) is 18.3 Å². The molecule has 0 spiro atoms. The van der Waals surface area contributed by atoms with E-state index in [4.69, 9.17) is 0 Å². The van der Waals surface area contributed by atoms with Crippen LogP contribution in [0.4, 0.5) is 0 Å². The molecule has 32 heavy (non-hydrogen) atoms. The summed E-state index contributed by atoms with van der Waals surface area (Å²) in [7, 11) is -3.19. The van der Waals surface area contributed by atoms with Crippen molar-refractivity contribution >= 4 is 31.7 Å². The molecule has 2 aromatic carbocycles. The number of fused-ring (bicyclic) bond motifs is 1. The maximum Gasteiger partial charge on any atom is 0.273 e. The van der Waals surface area contributed by atoms with E-state index in [1.54, 1.807) is 4.90 Å². The van der Waals surface area contributed by atoms with Crippen LogP contribution in [0.3, 0.4) is 0 Å². The number of carbonyl (C=O) groups excluding carboxylic acids is 1. The number of aromatic nitrogens is 2. The fourth-order valence-corrected chi connectivity index (χ4v) is 7.01. The molecule has 2 atom stereocenters. The Balaban J connectivity index is 1.73. The molecule has 1 fully saturated rings. The van der Waals surface area contributed by atoms with Crippen molar-refractivity contribution in [1.82, 2.24) is 15.1 Å². The first kappa shape index (κ1) is 21.2. The van der Waals surface area contributed by atoms with E-state index >= 15 is 0 Å². The normalized spacial score (nSPS) is 21.8. The number of phenolic OH excluding ortho intramolecular Hbond substituents is 1. The highest BCUT2D eigenvalue weighted by atomic mass is 79.9. The molecule has 0 aliphatic carbocycles. The molecule has 5 rings (SSSR count). The second-order valence-electron chi connectivity index (χ2n) is 8.57. The number of halogens is 1. The first-order chi connectivity index (χ1) is 15.2. The maximum atomic E-state index is 13.5. The van der Waals surface area contributed by atoms with Gasteiger partial charge >= 0.3 is 0 Å². The Morgan fingerprint density at radius 2 is 2.00 bits per heavy atom. The van der Waals surface area contributed by atoms with Gasteiger partial charge in [0.15, 0.2) is 9.84 Å². The van der Waals surface area contributed by atoms with Crippen molar-refractivity contribution < 1.29 is 18.3 Å². The SMILES string of the molecule is Cc1cc(C)c(O)c(-c2n[nH]c3c2C(c2cccc(Br)c2)N(C2CCS(=O)(=O)C2)C3=O)c1. The largest absolute Gasteiger partial charge is 0.507 e. The molecule has 1 amide bonds.